The number of hydrogen-bond donors (Lipinski definition) is 1. The van der Waals surface area contributed by atoms with Crippen molar-refractivity contribution in [3.8, 4) is 11.1 Å². The zero-order valence-corrected chi connectivity index (χ0v) is 16.0. The van der Waals surface area contributed by atoms with Gasteiger partial charge in [0.15, 0.2) is 5.78 Å². The molecule has 0 spiro atoms. The molecule has 4 rings (SSSR count). The van der Waals surface area contributed by atoms with Crippen molar-refractivity contribution in [2.75, 3.05) is 13.1 Å². The number of likely N-dealkylation sites (tertiary alicyclic amines) is 1. The molecule has 4 nitrogen and oxygen atoms in total. The highest BCUT2D eigenvalue weighted by Gasteiger charge is 2.27. The summed E-state index contributed by atoms with van der Waals surface area (Å²) in [4.78, 5) is 15.2. The second kappa shape index (κ2) is 8.07. The van der Waals surface area contributed by atoms with E-state index in [1.807, 2.05) is 43.3 Å². The fourth-order valence-electron chi connectivity index (χ4n) is 3.95. The summed E-state index contributed by atoms with van der Waals surface area (Å²) < 4.78 is 14.7. The second-order valence-corrected chi connectivity index (χ2v) is 7.54. The molecule has 1 aromatic heterocycles. The number of aromatic nitrogens is 2. The minimum Gasteiger partial charge on any atom is -0.297 e. The van der Waals surface area contributed by atoms with E-state index in [-0.39, 0.29) is 17.5 Å². The van der Waals surface area contributed by atoms with Crippen molar-refractivity contribution in [1.29, 1.82) is 0 Å². The molecule has 0 aliphatic carbocycles. The molecule has 0 amide bonds. The number of Topliss-reactive ketones (excluding diaryl/α,β-unsaturated/α-hetero) is 1. The third kappa shape index (κ3) is 4.04. The first kappa shape index (κ1) is 18.6. The van der Waals surface area contributed by atoms with Crippen LogP contribution < -0.4 is 0 Å². The number of ketones is 1. The van der Waals surface area contributed by atoms with Crippen LogP contribution in [0.4, 0.5) is 4.39 Å². The fraction of sp³-hybridized carbons (Fsp3) is 0.304. The van der Waals surface area contributed by atoms with Crippen molar-refractivity contribution < 1.29 is 9.18 Å². The maximum atomic E-state index is 14.7. The van der Waals surface area contributed by atoms with Crippen molar-refractivity contribution in [2.45, 2.75) is 26.3 Å². The van der Waals surface area contributed by atoms with Crippen LogP contribution in [0.1, 0.15) is 34.6 Å². The zero-order valence-electron chi connectivity index (χ0n) is 16.0. The SMILES string of the molecule is Cc1cc(CN2CCC[C@@H](C(=O)c3ccc(-c4ccccc4)c(F)c3)C2)n[nH]1. The molecule has 1 fully saturated rings. The Morgan fingerprint density at radius 1 is 1.21 bits per heavy atom. The van der Waals surface area contributed by atoms with E-state index < -0.39 is 0 Å². The van der Waals surface area contributed by atoms with Crippen LogP contribution in [0.3, 0.4) is 0 Å². The number of H-pyrrole nitrogens is 1. The van der Waals surface area contributed by atoms with Crippen LogP contribution in [0.5, 0.6) is 0 Å². The van der Waals surface area contributed by atoms with Crippen LogP contribution in [0, 0.1) is 18.7 Å². The van der Waals surface area contributed by atoms with Crippen molar-refractivity contribution in [1.82, 2.24) is 15.1 Å². The molecule has 28 heavy (non-hydrogen) atoms. The second-order valence-electron chi connectivity index (χ2n) is 7.54. The highest BCUT2D eigenvalue weighted by molar-refractivity contribution is 5.98. The Labute approximate surface area is 164 Å². The molecule has 0 unspecified atom stereocenters. The number of rotatable bonds is 5. The quantitative estimate of drug-likeness (QED) is 0.660. The Morgan fingerprint density at radius 3 is 2.75 bits per heavy atom. The summed E-state index contributed by atoms with van der Waals surface area (Å²) >= 11 is 0. The molecule has 1 atom stereocenters. The van der Waals surface area contributed by atoms with Gasteiger partial charge < -0.3 is 0 Å². The van der Waals surface area contributed by atoms with Gasteiger partial charge in [0, 0.05) is 35.8 Å². The lowest BCUT2D eigenvalue weighted by Crippen LogP contribution is -2.38. The van der Waals surface area contributed by atoms with Crippen molar-refractivity contribution >= 4 is 5.78 Å². The number of halogens is 1. The van der Waals surface area contributed by atoms with Crippen LogP contribution in [-0.4, -0.2) is 34.0 Å². The van der Waals surface area contributed by atoms with Crippen LogP contribution in [0.25, 0.3) is 11.1 Å². The van der Waals surface area contributed by atoms with E-state index in [9.17, 15) is 9.18 Å². The molecule has 1 saturated heterocycles. The van der Waals surface area contributed by atoms with E-state index in [0.29, 0.717) is 17.7 Å². The number of nitrogens with zero attached hydrogens (tertiary/aromatic N) is 2. The van der Waals surface area contributed by atoms with Crippen LogP contribution in [-0.2, 0) is 6.54 Å². The van der Waals surface area contributed by atoms with Crippen molar-refractivity contribution in [3.63, 3.8) is 0 Å². The minimum atomic E-state index is -0.350. The zero-order chi connectivity index (χ0) is 19.5. The normalized spacial score (nSPS) is 17.6. The highest BCUT2D eigenvalue weighted by Crippen LogP contribution is 2.27. The molecule has 0 saturated carbocycles. The molecule has 0 radical (unpaired) electrons. The van der Waals surface area contributed by atoms with Gasteiger partial charge >= 0.3 is 0 Å². The highest BCUT2D eigenvalue weighted by atomic mass is 19.1. The molecular weight excluding hydrogens is 353 g/mol. The summed E-state index contributed by atoms with van der Waals surface area (Å²) in [6.07, 6.45) is 1.81. The molecule has 3 aromatic rings. The van der Waals surface area contributed by atoms with Crippen LogP contribution in [0.15, 0.2) is 54.6 Å². The van der Waals surface area contributed by atoms with E-state index in [4.69, 9.17) is 0 Å². The average molecular weight is 377 g/mol. The van der Waals surface area contributed by atoms with Gasteiger partial charge in [-0.05, 0) is 44.0 Å². The first-order valence-corrected chi connectivity index (χ1v) is 9.72. The lowest BCUT2D eigenvalue weighted by molar-refractivity contribution is 0.0809. The number of aromatic amines is 1. The molecule has 1 aliphatic heterocycles. The Hall–Kier alpha value is -2.79. The van der Waals surface area contributed by atoms with E-state index in [2.05, 4.69) is 15.1 Å². The fourth-order valence-corrected chi connectivity index (χ4v) is 3.95. The summed E-state index contributed by atoms with van der Waals surface area (Å²) in [5.41, 5.74) is 3.82. The smallest absolute Gasteiger partial charge is 0.167 e. The van der Waals surface area contributed by atoms with Crippen molar-refractivity contribution in [3.05, 3.63) is 77.4 Å². The molecular formula is C23H24FN3O. The van der Waals surface area contributed by atoms with Crippen molar-refractivity contribution in [2.24, 2.45) is 5.92 Å². The van der Waals surface area contributed by atoms with E-state index in [1.54, 1.807) is 12.1 Å². The Bertz CT molecular complexity index is 967. The summed E-state index contributed by atoms with van der Waals surface area (Å²) in [5.74, 6) is -0.422. The third-order valence-corrected chi connectivity index (χ3v) is 5.36. The minimum absolute atomic E-state index is 0.0291. The predicted molar refractivity (Wildman–Crippen MR) is 107 cm³/mol. The number of nitrogens with one attached hydrogen (secondary N) is 1. The van der Waals surface area contributed by atoms with Gasteiger partial charge in [-0.1, -0.05) is 42.5 Å². The molecule has 1 N–H and O–H groups in total. The van der Waals surface area contributed by atoms with E-state index in [1.165, 1.54) is 6.07 Å². The summed E-state index contributed by atoms with van der Waals surface area (Å²) in [6.45, 7) is 4.35. The Balaban J connectivity index is 1.47. The number of carbonyl (C=O) groups is 1. The van der Waals surface area contributed by atoms with Gasteiger partial charge in [0.1, 0.15) is 5.82 Å². The first-order valence-electron chi connectivity index (χ1n) is 9.72. The lowest BCUT2D eigenvalue weighted by Gasteiger charge is -2.31. The molecule has 1 aliphatic rings. The maximum absolute atomic E-state index is 14.7. The van der Waals surface area contributed by atoms with Gasteiger partial charge in [0.05, 0.1) is 5.69 Å². The molecule has 144 valence electrons. The van der Waals surface area contributed by atoms with E-state index >= 15 is 0 Å². The third-order valence-electron chi connectivity index (χ3n) is 5.36. The molecule has 0 bridgehead atoms. The monoisotopic (exact) mass is 377 g/mol. The molecule has 5 heteroatoms. The molecule has 2 heterocycles. The number of piperidine rings is 1. The largest absolute Gasteiger partial charge is 0.297 e. The lowest BCUT2D eigenvalue weighted by atomic mass is 9.89. The Kier molecular flexibility index (Phi) is 5.35. The summed E-state index contributed by atoms with van der Waals surface area (Å²) in [7, 11) is 0. The Morgan fingerprint density at radius 2 is 2.04 bits per heavy atom. The van der Waals surface area contributed by atoms with Crippen LogP contribution >= 0.6 is 0 Å². The van der Waals surface area contributed by atoms with Gasteiger partial charge in [-0.15, -0.1) is 0 Å². The van der Waals surface area contributed by atoms with E-state index in [0.717, 1.165) is 42.9 Å². The number of aryl methyl sites for hydroxylation is 1. The number of carbonyl (C=O) groups excluding carboxylic acids is 1. The van der Waals surface area contributed by atoms with Gasteiger partial charge in [-0.2, -0.15) is 5.10 Å². The topological polar surface area (TPSA) is 49.0 Å². The number of hydrogen-bond acceptors (Lipinski definition) is 3. The number of benzene rings is 2. The maximum Gasteiger partial charge on any atom is 0.167 e. The van der Waals surface area contributed by atoms with Gasteiger partial charge in [-0.3, -0.25) is 14.8 Å². The predicted octanol–water partition coefficient (Wildman–Crippen LogP) is 4.62. The summed E-state index contributed by atoms with van der Waals surface area (Å²) in [5, 5.41) is 7.24. The average Bonchev–Trinajstić information content (AvgIpc) is 3.12. The van der Waals surface area contributed by atoms with Gasteiger partial charge in [0.2, 0.25) is 0 Å². The van der Waals surface area contributed by atoms with Gasteiger partial charge in [-0.25, -0.2) is 4.39 Å². The first-order chi connectivity index (χ1) is 13.6. The standard InChI is InChI=1S/C23H24FN3O/c1-16-12-20(26-25-16)15-27-11-5-8-19(14-27)23(28)18-9-10-21(22(24)13-18)17-6-3-2-4-7-17/h2-4,6-7,9-10,12-13,19H,5,8,11,14-15H2,1H3,(H,25,26)/t19-/m1/s1. The van der Waals surface area contributed by atoms with Crippen LogP contribution in [0.2, 0.25) is 0 Å². The van der Waals surface area contributed by atoms with Gasteiger partial charge in [0.25, 0.3) is 0 Å². The summed E-state index contributed by atoms with van der Waals surface area (Å²) in [6, 6.07) is 16.3. The molecule has 2 aromatic carbocycles.